The highest BCUT2D eigenvalue weighted by Gasteiger charge is 2.00. The summed E-state index contributed by atoms with van der Waals surface area (Å²) in [6, 6.07) is 6.87. The zero-order chi connectivity index (χ0) is 7.56. The lowest BCUT2D eigenvalue weighted by Crippen LogP contribution is -1.98. The summed E-state index contributed by atoms with van der Waals surface area (Å²) in [7, 11) is 0. The van der Waals surface area contributed by atoms with Crippen LogP contribution in [0.2, 0.25) is 0 Å². The highest BCUT2D eigenvalue weighted by Crippen LogP contribution is 2.09. The zero-order valence-corrected chi connectivity index (χ0v) is 5.50. The summed E-state index contributed by atoms with van der Waals surface area (Å²) >= 11 is 0. The first-order chi connectivity index (χ1) is 4.72. The number of carbonyl (C=O) groups excluding carboxylic acids is 1. The molecule has 0 aliphatic carbocycles. The van der Waals surface area contributed by atoms with Crippen LogP contribution in [-0.4, -0.2) is 5.78 Å². The maximum absolute atomic E-state index is 10.7. The summed E-state index contributed by atoms with van der Waals surface area (Å²) in [6.07, 6.45) is 0. The Hall–Kier alpha value is -1.31. The second-order valence-corrected chi connectivity index (χ2v) is 2.01. The van der Waals surface area contributed by atoms with Gasteiger partial charge in [-0.05, 0) is 12.1 Å². The van der Waals surface area contributed by atoms with Crippen molar-refractivity contribution in [2.75, 3.05) is 5.73 Å². The van der Waals surface area contributed by atoms with Gasteiger partial charge in [-0.25, -0.2) is 0 Å². The molecule has 51 valence electrons. The van der Waals surface area contributed by atoms with E-state index in [9.17, 15) is 4.79 Å². The van der Waals surface area contributed by atoms with Crippen LogP contribution in [0.15, 0.2) is 24.3 Å². The standard InChI is InChI=1S/C8H8NO/c1-6(10)7-4-2-3-5-8(7)9/h2-5H,1,9H2. The lowest BCUT2D eigenvalue weighted by molar-refractivity contribution is 0.104. The molecule has 0 fully saturated rings. The van der Waals surface area contributed by atoms with Crippen LogP contribution >= 0.6 is 0 Å². The average Bonchev–Trinajstić information content (AvgIpc) is 1.88. The Morgan fingerprint density at radius 2 is 2.00 bits per heavy atom. The minimum absolute atomic E-state index is 0.238. The van der Waals surface area contributed by atoms with Crippen molar-refractivity contribution in [1.82, 2.24) is 0 Å². The van der Waals surface area contributed by atoms with Gasteiger partial charge < -0.3 is 5.73 Å². The van der Waals surface area contributed by atoms with Gasteiger partial charge in [-0.15, -0.1) is 0 Å². The highest BCUT2D eigenvalue weighted by atomic mass is 16.1. The van der Waals surface area contributed by atoms with Gasteiger partial charge in [0.15, 0.2) is 5.78 Å². The van der Waals surface area contributed by atoms with Crippen molar-refractivity contribution in [3.8, 4) is 0 Å². The fourth-order valence-electron chi connectivity index (χ4n) is 0.751. The minimum Gasteiger partial charge on any atom is -0.398 e. The Kier molecular flexibility index (Phi) is 1.71. The van der Waals surface area contributed by atoms with Crippen LogP contribution in [0.25, 0.3) is 0 Å². The molecule has 1 aromatic rings. The third-order valence-electron chi connectivity index (χ3n) is 1.26. The van der Waals surface area contributed by atoms with Gasteiger partial charge in [-0.1, -0.05) is 12.1 Å². The summed E-state index contributed by atoms with van der Waals surface area (Å²) < 4.78 is 0. The van der Waals surface area contributed by atoms with Crippen LogP contribution < -0.4 is 5.73 Å². The van der Waals surface area contributed by atoms with Crippen LogP contribution in [-0.2, 0) is 0 Å². The normalized spacial score (nSPS) is 9.30. The van der Waals surface area contributed by atoms with E-state index in [2.05, 4.69) is 6.92 Å². The molecule has 0 unspecified atom stereocenters. The fraction of sp³-hybridized carbons (Fsp3) is 0. The zero-order valence-electron chi connectivity index (χ0n) is 5.50. The molecule has 0 saturated carbocycles. The molecule has 2 N–H and O–H groups in total. The van der Waals surface area contributed by atoms with Crippen molar-refractivity contribution in [2.45, 2.75) is 0 Å². The molecule has 0 saturated heterocycles. The van der Waals surface area contributed by atoms with E-state index in [1.807, 2.05) is 0 Å². The number of benzene rings is 1. The summed E-state index contributed by atoms with van der Waals surface area (Å²) in [5.41, 5.74) is 6.44. The Morgan fingerprint density at radius 3 is 2.40 bits per heavy atom. The number of nitrogens with two attached hydrogens (primary N) is 1. The topological polar surface area (TPSA) is 43.1 Å². The van der Waals surface area contributed by atoms with E-state index in [0.717, 1.165) is 0 Å². The smallest absolute Gasteiger partial charge is 0.165 e. The van der Waals surface area contributed by atoms with Gasteiger partial charge in [-0.3, -0.25) is 4.79 Å². The number of carbonyl (C=O) groups is 1. The van der Waals surface area contributed by atoms with Crippen molar-refractivity contribution in [3.63, 3.8) is 0 Å². The number of para-hydroxylation sites is 1. The third-order valence-corrected chi connectivity index (χ3v) is 1.26. The largest absolute Gasteiger partial charge is 0.398 e. The van der Waals surface area contributed by atoms with Crippen LogP contribution in [0.5, 0.6) is 0 Å². The molecule has 0 bridgehead atoms. The molecule has 0 heterocycles. The molecular formula is C8H8NO. The molecule has 2 heteroatoms. The molecule has 0 atom stereocenters. The van der Waals surface area contributed by atoms with E-state index in [1.54, 1.807) is 24.3 Å². The number of hydrogen-bond acceptors (Lipinski definition) is 2. The molecule has 0 aliphatic heterocycles. The maximum Gasteiger partial charge on any atom is 0.165 e. The van der Waals surface area contributed by atoms with Crippen LogP contribution in [0.4, 0.5) is 5.69 Å². The number of hydrogen-bond donors (Lipinski definition) is 1. The van der Waals surface area contributed by atoms with Gasteiger partial charge in [0.05, 0.1) is 0 Å². The van der Waals surface area contributed by atoms with Crippen LogP contribution in [0.3, 0.4) is 0 Å². The van der Waals surface area contributed by atoms with Crippen molar-refractivity contribution < 1.29 is 4.79 Å². The van der Waals surface area contributed by atoms with Gasteiger partial charge in [0.2, 0.25) is 0 Å². The second kappa shape index (κ2) is 2.52. The first-order valence-corrected chi connectivity index (χ1v) is 2.92. The minimum atomic E-state index is -0.238. The lowest BCUT2D eigenvalue weighted by Gasteiger charge is -1.97. The fourth-order valence-corrected chi connectivity index (χ4v) is 0.751. The molecule has 0 spiro atoms. The Balaban J connectivity index is 3.15. The quantitative estimate of drug-likeness (QED) is 0.464. The van der Waals surface area contributed by atoms with E-state index in [0.29, 0.717) is 11.3 Å². The Morgan fingerprint density at radius 1 is 1.40 bits per heavy atom. The van der Waals surface area contributed by atoms with E-state index in [-0.39, 0.29) is 5.78 Å². The molecule has 2 nitrogen and oxygen atoms in total. The van der Waals surface area contributed by atoms with Gasteiger partial charge in [0.25, 0.3) is 0 Å². The van der Waals surface area contributed by atoms with Crippen molar-refractivity contribution in [1.29, 1.82) is 0 Å². The average molecular weight is 134 g/mol. The number of nitrogen functional groups attached to an aromatic ring is 1. The number of anilines is 1. The summed E-state index contributed by atoms with van der Waals surface area (Å²) in [5, 5.41) is 0. The summed E-state index contributed by atoms with van der Waals surface area (Å²) in [6.45, 7) is 3.25. The van der Waals surface area contributed by atoms with Crippen LogP contribution in [0, 0.1) is 6.92 Å². The van der Waals surface area contributed by atoms with Crippen molar-refractivity contribution in [2.24, 2.45) is 0 Å². The third kappa shape index (κ3) is 1.16. The van der Waals surface area contributed by atoms with Crippen molar-refractivity contribution in [3.05, 3.63) is 36.8 Å². The monoisotopic (exact) mass is 134 g/mol. The number of Topliss-reactive ketones (excluding diaryl/α,β-unsaturated/α-hetero) is 1. The molecule has 0 aromatic heterocycles. The summed E-state index contributed by atoms with van der Waals surface area (Å²) in [5.74, 6) is -0.238. The van der Waals surface area contributed by atoms with Gasteiger partial charge in [0, 0.05) is 18.2 Å². The van der Waals surface area contributed by atoms with E-state index >= 15 is 0 Å². The predicted molar refractivity (Wildman–Crippen MR) is 40.5 cm³/mol. The highest BCUT2D eigenvalue weighted by molar-refractivity contribution is 6.03. The van der Waals surface area contributed by atoms with E-state index in [1.165, 1.54) is 0 Å². The molecule has 10 heavy (non-hydrogen) atoms. The number of rotatable bonds is 1. The maximum atomic E-state index is 10.7. The van der Waals surface area contributed by atoms with Gasteiger partial charge >= 0.3 is 0 Å². The second-order valence-electron chi connectivity index (χ2n) is 2.01. The van der Waals surface area contributed by atoms with Crippen molar-refractivity contribution >= 4 is 11.5 Å². The first kappa shape index (κ1) is 6.81. The molecule has 0 amide bonds. The predicted octanol–water partition coefficient (Wildman–Crippen LogP) is 1.29. The molecular weight excluding hydrogens is 126 g/mol. The van der Waals surface area contributed by atoms with Gasteiger partial charge in [-0.2, -0.15) is 0 Å². The molecule has 1 radical (unpaired) electrons. The van der Waals surface area contributed by atoms with E-state index < -0.39 is 0 Å². The lowest BCUT2D eigenvalue weighted by atomic mass is 10.1. The SMILES string of the molecule is [CH2]C(=O)c1ccccc1N. The van der Waals surface area contributed by atoms with Gasteiger partial charge in [0.1, 0.15) is 0 Å². The first-order valence-electron chi connectivity index (χ1n) is 2.92. The summed E-state index contributed by atoms with van der Waals surface area (Å²) in [4.78, 5) is 10.7. The Labute approximate surface area is 59.7 Å². The number of ketones is 1. The molecule has 1 rings (SSSR count). The van der Waals surface area contributed by atoms with E-state index in [4.69, 9.17) is 5.73 Å². The molecule has 1 aromatic carbocycles. The Bertz CT molecular complexity index is 255. The van der Waals surface area contributed by atoms with Crippen LogP contribution in [0.1, 0.15) is 10.4 Å². The molecule has 0 aliphatic rings.